The molecular weight excluding hydrogens is 372 g/mol. The number of benzene rings is 2. The minimum atomic E-state index is -0.560. The van der Waals surface area contributed by atoms with Crippen molar-refractivity contribution < 1.29 is 14.2 Å². The highest BCUT2D eigenvalue weighted by molar-refractivity contribution is 5.14. The van der Waals surface area contributed by atoms with Gasteiger partial charge in [0.25, 0.3) is 0 Å². The third-order valence-electron chi connectivity index (χ3n) is 4.07. The average Bonchev–Trinajstić information content (AvgIpc) is 2.75. The highest BCUT2D eigenvalue weighted by Gasteiger charge is 2.12. The minimum Gasteiger partial charge on any atom is -0.377 e. The second kappa shape index (κ2) is 11.1. The summed E-state index contributed by atoms with van der Waals surface area (Å²) in [5.74, 6) is -0.0718. The number of anilines is 1. The second-order valence-electron chi connectivity index (χ2n) is 6.32. The van der Waals surface area contributed by atoms with Crippen LogP contribution in [0.1, 0.15) is 17.5 Å². The molecule has 2 N–H and O–H groups in total. The molecule has 0 bridgehead atoms. The second-order valence-corrected chi connectivity index (χ2v) is 6.32. The number of rotatable bonds is 11. The zero-order valence-electron chi connectivity index (χ0n) is 16.0. The van der Waals surface area contributed by atoms with Crippen molar-refractivity contribution in [1.82, 2.24) is 14.5 Å². The van der Waals surface area contributed by atoms with Gasteiger partial charge in [-0.2, -0.15) is 4.98 Å². The Kier molecular flexibility index (Phi) is 7.88. The molecule has 8 nitrogen and oxygen atoms in total. The Hall–Kier alpha value is -3.07. The number of hydrogen-bond donors (Lipinski definition) is 1. The van der Waals surface area contributed by atoms with Gasteiger partial charge in [0.2, 0.25) is 5.95 Å². The summed E-state index contributed by atoms with van der Waals surface area (Å²) in [5, 5.41) is 0. The van der Waals surface area contributed by atoms with Crippen molar-refractivity contribution in [2.75, 3.05) is 12.3 Å². The third-order valence-corrected chi connectivity index (χ3v) is 4.07. The predicted molar refractivity (Wildman–Crippen MR) is 108 cm³/mol. The van der Waals surface area contributed by atoms with Crippen LogP contribution in [0.15, 0.2) is 71.8 Å². The number of nitrogens with zero attached hydrogens (tertiary/aromatic N) is 3. The van der Waals surface area contributed by atoms with Crippen molar-refractivity contribution in [2.45, 2.75) is 32.7 Å². The number of aromatic nitrogens is 3. The number of hydrogen-bond acceptors (Lipinski definition) is 7. The summed E-state index contributed by atoms with van der Waals surface area (Å²) in [6.07, 6.45) is 1.24. The maximum atomic E-state index is 11.8. The van der Waals surface area contributed by atoms with Crippen LogP contribution < -0.4 is 11.4 Å². The number of nitrogens with two attached hydrogens (primary N) is 1. The number of nitrogen functional groups attached to an aromatic ring is 1. The van der Waals surface area contributed by atoms with Gasteiger partial charge in [0.1, 0.15) is 13.1 Å². The van der Waals surface area contributed by atoms with Crippen LogP contribution in [-0.4, -0.2) is 27.4 Å². The van der Waals surface area contributed by atoms with Crippen molar-refractivity contribution in [3.63, 3.8) is 0 Å². The first-order chi connectivity index (χ1) is 14.2. The van der Waals surface area contributed by atoms with E-state index in [-0.39, 0.29) is 12.7 Å². The lowest BCUT2D eigenvalue weighted by Crippen LogP contribution is -2.29. The molecule has 1 atom stereocenters. The van der Waals surface area contributed by atoms with Crippen LogP contribution in [0.5, 0.6) is 0 Å². The maximum Gasteiger partial charge on any atom is 0.353 e. The van der Waals surface area contributed by atoms with E-state index in [2.05, 4.69) is 9.97 Å². The number of ether oxygens (including phenoxy) is 3. The van der Waals surface area contributed by atoms with E-state index < -0.39 is 12.0 Å². The van der Waals surface area contributed by atoms with Gasteiger partial charge in [0.15, 0.2) is 6.29 Å². The van der Waals surface area contributed by atoms with Gasteiger partial charge in [-0.25, -0.2) is 9.78 Å². The molecule has 3 aromatic rings. The first kappa shape index (κ1) is 20.7. The Morgan fingerprint density at radius 1 is 0.931 bits per heavy atom. The molecule has 0 saturated carbocycles. The molecule has 0 fully saturated rings. The fourth-order valence-corrected chi connectivity index (χ4v) is 2.54. The van der Waals surface area contributed by atoms with E-state index in [1.165, 1.54) is 10.9 Å². The van der Waals surface area contributed by atoms with Crippen molar-refractivity contribution in [1.29, 1.82) is 0 Å². The van der Waals surface area contributed by atoms with Gasteiger partial charge in [0.05, 0.1) is 19.8 Å². The van der Waals surface area contributed by atoms with Gasteiger partial charge in [-0.05, 0) is 11.1 Å². The minimum absolute atomic E-state index is 0.0444. The van der Waals surface area contributed by atoms with Crippen molar-refractivity contribution in [3.8, 4) is 0 Å². The summed E-state index contributed by atoms with van der Waals surface area (Å²) in [6.45, 7) is 1.30. The largest absolute Gasteiger partial charge is 0.377 e. The standard InChI is InChI=1S/C21H24N4O4/c22-20-23-15-25(21(26)24-20)16-29-19(28-14-18-9-5-2-6-10-18)11-12-27-13-17-7-3-1-4-8-17/h1-10,15,19H,11-14,16H2,(H2,22,24,26). The molecule has 0 spiro atoms. The molecule has 0 aliphatic carbocycles. The molecule has 0 aliphatic heterocycles. The van der Waals surface area contributed by atoms with E-state index in [1.807, 2.05) is 60.7 Å². The van der Waals surface area contributed by atoms with Crippen LogP contribution in [0, 0.1) is 0 Å². The van der Waals surface area contributed by atoms with E-state index in [0.717, 1.165) is 11.1 Å². The van der Waals surface area contributed by atoms with Crippen LogP contribution in [0.4, 0.5) is 5.95 Å². The quantitative estimate of drug-likeness (QED) is 0.392. The SMILES string of the molecule is Nc1ncn(COC(CCOCc2ccccc2)OCc2ccccc2)c(=O)n1. The van der Waals surface area contributed by atoms with Crippen LogP contribution in [0.3, 0.4) is 0 Å². The molecule has 0 saturated heterocycles. The normalized spacial score (nSPS) is 12.0. The Bertz CT molecular complexity index is 919. The lowest BCUT2D eigenvalue weighted by molar-refractivity contribution is -0.179. The zero-order chi connectivity index (χ0) is 20.3. The van der Waals surface area contributed by atoms with Crippen LogP contribution in [-0.2, 0) is 34.2 Å². The van der Waals surface area contributed by atoms with E-state index in [0.29, 0.717) is 26.2 Å². The van der Waals surface area contributed by atoms with Gasteiger partial charge < -0.3 is 19.9 Å². The summed E-state index contributed by atoms with van der Waals surface area (Å²) in [6, 6.07) is 19.7. The summed E-state index contributed by atoms with van der Waals surface area (Å²) >= 11 is 0. The zero-order valence-corrected chi connectivity index (χ0v) is 16.0. The summed E-state index contributed by atoms with van der Waals surface area (Å²) in [4.78, 5) is 19.2. The molecule has 29 heavy (non-hydrogen) atoms. The summed E-state index contributed by atoms with van der Waals surface area (Å²) in [5.41, 5.74) is 7.00. The highest BCUT2D eigenvalue weighted by Crippen LogP contribution is 2.09. The Morgan fingerprint density at radius 2 is 1.59 bits per heavy atom. The fraction of sp³-hybridized carbons (Fsp3) is 0.286. The molecule has 1 heterocycles. The van der Waals surface area contributed by atoms with Gasteiger partial charge in [-0.3, -0.25) is 4.57 Å². The first-order valence-corrected chi connectivity index (χ1v) is 9.28. The van der Waals surface area contributed by atoms with Gasteiger partial charge in [-0.15, -0.1) is 0 Å². The molecule has 0 radical (unpaired) electrons. The van der Waals surface area contributed by atoms with Crippen LogP contribution >= 0.6 is 0 Å². The Morgan fingerprint density at radius 3 is 2.24 bits per heavy atom. The lowest BCUT2D eigenvalue weighted by Gasteiger charge is -2.19. The van der Waals surface area contributed by atoms with Crippen molar-refractivity contribution >= 4 is 5.95 Å². The molecule has 152 valence electrons. The van der Waals surface area contributed by atoms with Crippen molar-refractivity contribution in [2.24, 2.45) is 0 Å². The van der Waals surface area contributed by atoms with Crippen molar-refractivity contribution in [3.05, 3.63) is 88.6 Å². The monoisotopic (exact) mass is 396 g/mol. The summed E-state index contributed by atoms with van der Waals surface area (Å²) < 4.78 is 18.6. The summed E-state index contributed by atoms with van der Waals surface area (Å²) in [7, 11) is 0. The Balaban J connectivity index is 1.52. The topological polar surface area (TPSA) is 101 Å². The van der Waals surface area contributed by atoms with E-state index in [4.69, 9.17) is 19.9 Å². The predicted octanol–water partition coefficient (Wildman–Crippen LogP) is 2.34. The van der Waals surface area contributed by atoms with Crippen LogP contribution in [0.25, 0.3) is 0 Å². The first-order valence-electron chi connectivity index (χ1n) is 9.28. The van der Waals surface area contributed by atoms with Gasteiger partial charge >= 0.3 is 5.69 Å². The molecule has 8 heteroatoms. The average molecular weight is 396 g/mol. The smallest absolute Gasteiger partial charge is 0.353 e. The van der Waals surface area contributed by atoms with E-state index in [1.54, 1.807) is 0 Å². The molecular formula is C21H24N4O4. The van der Waals surface area contributed by atoms with E-state index >= 15 is 0 Å². The molecule has 0 amide bonds. The maximum absolute atomic E-state index is 11.8. The fourth-order valence-electron chi connectivity index (χ4n) is 2.54. The van der Waals surface area contributed by atoms with Gasteiger partial charge in [-0.1, -0.05) is 60.7 Å². The Labute approximate surface area is 168 Å². The molecule has 1 unspecified atom stereocenters. The highest BCUT2D eigenvalue weighted by atomic mass is 16.7. The molecule has 2 aromatic carbocycles. The lowest BCUT2D eigenvalue weighted by atomic mass is 10.2. The van der Waals surface area contributed by atoms with Gasteiger partial charge in [0, 0.05) is 6.42 Å². The van der Waals surface area contributed by atoms with E-state index in [9.17, 15) is 4.79 Å². The molecule has 0 aliphatic rings. The molecule has 3 rings (SSSR count). The third kappa shape index (κ3) is 7.11. The molecule has 1 aromatic heterocycles. The van der Waals surface area contributed by atoms with Crippen LogP contribution in [0.2, 0.25) is 0 Å².